The van der Waals surface area contributed by atoms with Crippen LogP contribution in [0.2, 0.25) is 0 Å². The van der Waals surface area contributed by atoms with Gasteiger partial charge in [-0.1, -0.05) is 43.6 Å². The molecule has 3 rings (SSSR count). The molecule has 1 aliphatic rings. The molecule has 2 aromatic rings. The van der Waals surface area contributed by atoms with Crippen LogP contribution in [0.4, 0.5) is 0 Å². The molecule has 0 aromatic heterocycles. The lowest BCUT2D eigenvalue weighted by Gasteiger charge is -2.18. The summed E-state index contributed by atoms with van der Waals surface area (Å²) < 4.78 is 38.5. The summed E-state index contributed by atoms with van der Waals surface area (Å²) in [5, 5.41) is 0. The van der Waals surface area contributed by atoms with Gasteiger partial charge in [-0.25, -0.2) is 4.79 Å². The van der Waals surface area contributed by atoms with Gasteiger partial charge in [0.25, 0.3) is 0 Å². The molecule has 1 heterocycles. The number of cyclic esters (lactones) is 1. The maximum absolute atomic E-state index is 12.0. The van der Waals surface area contributed by atoms with Crippen molar-refractivity contribution in [3.63, 3.8) is 0 Å². The van der Waals surface area contributed by atoms with E-state index < -0.39 is 0 Å². The number of rotatable bonds is 21. The second-order valence-corrected chi connectivity index (χ2v) is 10.8. The third-order valence-electron chi connectivity index (χ3n) is 7.49. The Morgan fingerprint density at radius 1 is 0.756 bits per heavy atom. The molecule has 1 atom stereocenters. The second-order valence-electron chi connectivity index (χ2n) is 10.8. The van der Waals surface area contributed by atoms with E-state index in [0.29, 0.717) is 48.4 Å². The fourth-order valence-electron chi connectivity index (χ4n) is 5.04. The lowest BCUT2D eigenvalue weighted by atomic mass is 10.1. The van der Waals surface area contributed by atoms with Gasteiger partial charge in [0.15, 0.2) is 23.0 Å². The fourth-order valence-corrected chi connectivity index (χ4v) is 5.04. The van der Waals surface area contributed by atoms with Crippen molar-refractivity contribution in [3.05, 3.63) is 53.6 Å². The average Bonchev–Trinajstić information content (AvgIpc) is 3.06. The van der Waals surface area contributed by atoms with Crippen LogP contribution in [0, 0.1) is 0 Å². The predicted octanol–water partition coefficient (Wildman–Crippen LogP) is 7.59. The molecule has 0 amide bonds. The molecule has 0 radical (unpaired) electrons. The van der Waals surface area contributed by atoms with Crippen molar-refractivity contribution in [3.8, 4) is 28.7 Å². The largest absolute Gasteiger partial charge is 0.493 e. The highest BCUT2D eigenvalue weighted by molar-refractivity contribution is 5.82. The number of unbranched alkanes of at least 4 members (excludes halogenated alkanes) is 6. The molecule has 45 heavy (non-hydrogen) atoms. The minimum Gasteiger partial charge on any atom is -0.493 e. The first-order valence-electron chi connectivity index (χ1n) is 15.8. The standard InChI is InChI=1S/C36H48O9/c1-39-30-21-20-27(18-19-28-25-32(40-2)36(42-4)33(26-28)41-3)24-31(30)43-22-11-7-5-6-10-16-34(37)44-23-12-8-9-14-29-15-13-17-35(38)45-29/h13,17-21,24-26,29H,5-12,14-16,22-23H2,1-4H3/b19-18-/t29-/m1/s1. The second kappa shape index (κ2) is 20.0. The molecule has 0 saturated heterocycles. The van der Waals surface area contributed by atoms with E-state index >= 15 is 0 Å². The van der Waals surface area contributed by atoms with Gasteiger partial charge in [0.1, 0.15) is 6.10 Å². The first-order chi connectivity index (χ1) is 22.0. The summed E-state index contributed by atoms with van der Waals surface area (Å²) in [5.74, 6) is 2.74. The van der Waals surface area contributed by atoms with Gasteiger partial charge in [-0.3, -0.25) is 4.79 Å². The Kier molecular flexibility index (Phi) is 15.7. The van der Waals surface area contributed by atoms with Gasteiger partial charge in [0, 0.05) is 18.9 Å². The van der Waals surface area contributed by atoms with Crippen molar-refractivity contribution in [1.29, 1.82) is 0 Å². The Morgan fingerprint density at radius 2 is 1.40 bits per heavy atom. The van der Waals surface area contributed by atoms with Crippen LogP contribution in [0.3, 0.4) is 0 Å². The zero-order valence-electron chi connectivity index (χ0n) is 27.1. The summed E-state index contributed by atoms with van der Waals surface area (Å²) in [6.07, 6.45) is 16.9. The van der Waals surface area contributed by atoms with Crippen LogP contribution in [-0.2, 0) is 19.1 Å². The maximum atomic E-state index is 12.0. The van der Waals surface area contributed by atoms with E-state index in [1.165, 1.54) is 6.08 Å². The van der Waals surface area contributed by atoms with Crippen LogP contribution in [0.25, 0.3) is 12.2 Å². The zero-order chi connectivity index (χ0) is 32.3. The van der Waals surface area contributed by atoms with Crippen LogP contribution < -0.4 is 23.7 Å². The van der Waals surface area contributed by atoms with Crippen LogP contribution in [0.1, 0.15) is 81.8 Å². The number of hydrogen-bond acceptors (Lipinski definition) is 9. The van der Waals surface area contributed by atoms with Crippen molar-refractivity contribution in [2.75, 3.05) is 41.7 Å². The summed E-state index contributed by atoms with van der Waals surface area (Å²) in [6.45, 7) is 1.03. The number of ether oxygens (including phenoxy) is 7. The molecule has 9 heteroatoms. The molecule has 0 unspecified atom stereocenters. The van der Waals surface area contributed by atoms with Gasteiger partial charge < -0.3 is 33.2 Å². The summed E-state index contributed by atoms with van der Waals surface area (Å²) >= 11 is 0. The number of esters is 2. The third kappa shape index (κ3) is 12.4. The topological polar surface area (TPSA) is 98.8 Å². The number of methoxy groups -OCH3 is 4. The maximum Gasteiger partial charge on any atom is 0.330 e. The molecule has 0 saturated carbocycles. The number of hydrogen-bond donors (Lipinski definition) is 0. The molecule has 246 valence electrons. The number of benzene rings is 2. The van der Waals surface area contributed by atoms with Gasteiger partial charge in [-0.15, -0.1) is 0 Å². The molecule has 0 spiro atoms. The lowest BCUT2D eigenvalue weighted by Crippen LogP contribution is -2.19. The highest BCUT2D eigenvalue weighted by Gasteiger charge is 2.15. The average molecular weight is 625 g/mol. The van der Waals surface area contributed by atoms with E-state index in [0.717, 1.165) is 75.3 Å². The molecule has 0 bridgehead atoms. The van der Waals surface area contributed by atoms with E-state index in [1.54, 1.807) is 28.4 Å². The van der Waals surface area contributed by atoms with E-state index in [4.69, 9.17) is 33.2 Å². The smallest absolute Gasteiger partial charge is 0.330 e. The normalized spacial score (nSPS) is 14.2. The molecule has 1 aliphatic heterocycles. The molecule has 9 nitrogen and oxygen atoms in total. The first kappa shape index (κ1) is 35.3. The Balaban J connectivity index is 1.29. The monoisotopic (exact) mass is 624 g/mol. The van der Waals surface area contributed by atoms with Gasteiger partial charge in [-0.05, 0) is 73.9 Å². The first-order valence-corrected chi connectivity index (χ1v) is 15.8. The molecular weight excluding hydrogens is 576 g/mol. The summed E-state index contributed by atoms with van der Waals surface area (Å²) in [5.41, 5.74) is 1.88. The molecule has 0 N–H and O–H groups in total. The van der Waals surface area contributed by atoms with Crippen molar-refractivity contribution >= 4 is 24.1 Å². The number of carbonyl (C=O) groups is 2. The molecule has 0 fully saturated rings. The van der Waals surface area contributed by atoms with Gasteiger partial charge in [-0.2, -0.15) is 0 Å². The number of carbonyl (C=O) groups excluding carboxylic acids is 2. The predicted molar refractivity (Wildman–Crippen MR) is 174 cm³/mol. The van der Waals surface area contributed by atoms with E-state index in [9.17, 15) is 9.59 Å². The van der Waals surface area contributed by atoms with Crippen molar-refractivity contribution in [2.24, 2.45) is 0 Å². The van der Waals surface area contributed by atoms with Crippen molar-refractivity contribution < 1.29 is 42.7 Å². The van der Waals surface area contributed by atoms with Crippen LogP contribution in [0.15, 0.2) is 42.5 Å². The lowest BCUT2D eigenvalue weighted by molar-refractivity contribution is -0.145. The molecular formula is C36H48O9. The van der Waals surface area contributed by atoms with Crippen LogP contribution in [-0.4, -0.2) is 59.7 Å². The Bertz CT molecular complexity index is 1240. The minimum atomic E-state index is -0.254. The fraction of sp³-hybridized carbons (Fsp3) is 0.500. The molecule has 0 aliphatic carbocycles. The van der Waals surface area contributed by atoms with Gasteiger partial charge >= 0.3 is 11.9 Å². The highest BCUT2D eigenvalue weighted by atomic mass is 16.5. The zero-order valence-corrected chi connectivity index (χ0v) is 27.1. The Hall–Kier alpha value is -4.14. The van der Waals surface area contributed by atoms with Crippen LogP contribution >= 0.6 is 0 Å². The SMILES string of the molecule is COc1ccc(/C=C\c2cc(OC)c(OC)c(OC)c2)cc1OCCCCCCCC(=O)OCCCCC[C@@H]1CC=CC(=O)O1. The third-order valence-corrected chi connectivity index (χ3v) is 7.49. The minimum absolute atomic E-state index is 0.0130. The van der Waals surface area contributed by atoms with Crippen molar-refractivity contribution in [1.82, 2.24) is 0 Å². The molecule has 2 aromatic carbocycles. The highest BCUT2D eigenvalue weighted by Crippen LogP contribution is 2.39. The van der Waals surface area contributed by atoms with Crippen molar-refractivity contribution in [2.45, 2.75) is 76.7 Å². The van der Waals surface area contributed by atoms with E-state index in [1.807, 2.05) is 48.6 Å². The Labute approximate surface area is 267 Å². The van der Waals surface area contributed by atoms with Crippen LogP contribution in [0.5, 0.6) is 28.7 Å². The summed E-state index contributed by atoms with van der Waals surface area (Å²) in [6, 6.07) is 9.62. The van der Waals surface area contributed by atoms with Gasteiger partial charge in [0.2, 0.25) is 5.75 Å². The van der Waals surface area contributed by atoms with E-state index in [2.05, 4.69) is 0 Å². The summed E-state index contributed by atoms with van der Waals surface area (Å²) in [4.78, 5) is 23.3. The van der Waals surface area contributed by atoms with Gasteiger partial charge in [0.05, 0.1) is 41.7 Å². The Morgan fingerprint density at radius 3 is 2.11 bits per heavy atom. The van der Waals surface area contributed by atoms with E-state index in [-0.39, 0.29) is 18.0 Å². The quantitative estimate of drug-likeness (QED) is 0.0790. The summed E-state index contributed by atoms with van der Waals surface area (Å²) in [7, 11) is 6.41.